The van der Waals surface area contributed by atoms with Gasteiger partial charge in [-0.25, -0.2) is 0 Å². The van der Waals surface area contributed by atoms with Crippen LogP contribution in [0.25, 0.3) is 0 Å². The van der Waals surface area contributed by atoms with Crippen molar-refractivity contribution in [3.05, 3.63) is 17.0 Å². The van der Waals surface area contributed by atoms with E-state index >= 15 is 0 Å². The number of nitrogens with one attached hydrogen (secondary N) is 1. The summed E-state index contributed by atoms with van der Waals surface area (Å²) in [6, 6.07) is 2.06. The second kappa shape index (κ2) is 5.65. The number of amides is 1. The number of hydrogen-bond donors (Lipinski definition) is 1. The summed E-state index contributed by atoms with van der Waals surface area (Å²) in [5.41, 5.74) is 1.19. The quantitative estimate of drug-likeness (QED) is 0.896. The van der Waals surface area contributed by atoms with E-state index < -0.39 is 0 Å². The topological polar surface area (TPSA) is 32.3 Å². The highest BCUT2D eigenvalue weighted by molar-refractivity contribution is 7.14. The van der Waals surface area contributed by atoms with Crippen molar-refractivity contribution in [2.75, 3.05) is 25.0 Å². The Hall–Kier alpha value is -0.870. The lowest BCUT2D eigenvalue weighted by Crippen LogP contribution is -2.35. The second-order valence-corrected chi connectivity index (χ2v) is 5.67. The first kappa shape index (κ1) is 12.6. The van der Waals surface area contributed by atoms with Crippen LogP contribution >= 0.6 is 11.3 Å². The molecule has 0 spiro atoms. The molecule has 0 bridgehead atoms. The van der Waals surface area contributed by atoms with Crippen LogP contribution in [0.5, 0.6) is 0 Å². The van der Waals surface area contributed by atoms with Crippen molar-refractivity contribution in [1.29, 1.82) is 0 Å². The van der Waals surface area contributed by atoms with Crippen LogP contribution < -0.4 is 10.2 Å². The molecule has 1 aromatic rings. The second-order valence-electron chi connectivity index (χ2n) is 4.78. The van der Waals surface area contributed by atoms with Gasteiger partial charge in [-0.1, -0.05) is 0 Å². The van der Waals surface area contributed by atoms with Crippen LogP contribution in [0.1, 0.15) is 24.8 Å². The fourth-order valence-corrected chi connectivity index (χ4v) is 3.22. The van der Waals surface area contributed by atoms with Gasteiger partial charge >= 0.3 is 0 Å². The maximum absolute atomic E-state index is 12.2. The van der Waals surface area contributed by atoms with Gasteiger partial charge in [0.2, 0.25) is 5.91 Å². The summed E-state index contributed by atoms with van der Waals surface area (Å²) in [5.74, 6) is 0.753. The molecule has 0 saturated carbocycles. The van der Waals surface area contributed by atoms with E-state index in [1.807, 2.05) is 17.3 Å². The number of aryl methyl sites for hydroxylation is 1. The molecule has 2 heterocycles. The Morgan fingerprint density at radius 2 is 2.47 bits per heavy atom. The fraction of sp³-hybridized carbons (Fsp3) is 0.615. The average Bonchev–Trinajstić information content (AvgIpc) is 2.76. The van der Waals surface area contributed by atoms with E-state index in [1.165, 1.54) is 18.4 Å². The summed E-state index contributed by atoms with van der Waals surface area (Å²) in [4.78, 5) is 14.0. The molecule has 1 aliphatic rings. The molecule has 3 nitrogen and oxygen atoms in total. The number of piperidine rings is 1. The molecule has 2 rings (SSSR count). The summed E-state index contributed by atoms with van der Waals surface area (Å²) in [6.45, 7) is 4.14. The molecule has 94 valence electrons. The Bertz CT molecular complexity index is 383. The Morgan fingerprint density at radius 1 is 1.65 bits per heavy atom. The Balaban J connectivity index is 1.93. The van der Waals surface area contributed by atoms with Crippen LogP contribution in [0, 0.1) is 12.8 Å². The molecule has 1 N–H and O–H groups in total. The first-order valence-electron chi connectivity index (χ1n) is 6.20. The molecule has 1 unspecified atom stereocenters. The molecular weight excluding hydrogens is 232 g/mol. The number of carbonyl (C=O) groups is 1. The number of thiophene rings is 1. The fourth-order valence-electron chi connectivity index (χ4n) is 2.30. The third kappa shape index (κ3) is 3.07. The number of hydrogen-bond acceptors (Lipinski definition) is 3. The third-order valence-electron chi connectivity index (χ3n) is 3.38. The Labute approximate surface area is 107 Å². The summed E-state index contributed by atoms with van der Waals surface area (Å²) >= 11 is 1.64. The zero-order valence-electron chi connectivity index (χ0n) is 10.5. The largest absolute Gasteiger partial charge is 0.316 e. The smallest absolute Gasteiger partial charge is 0.227 e. The van der Waals surface area contributed by atoms with Crippen LogP contribution in [0.4, 0.5) is 5.00 Å². The van der Waals surface area contributed by atoms with E-state index in [4.69, 9.17) is 0 Å². The van der Waals surface area contributed by atoms with Crippen molar-refractivity contribution < 1.29 is 4.79 Å². The van der Waals surface area contributed by atoms with Gasteiger partial charge in [-0.3, -0.25) is 4.79 Å². The maximum Gasteiger partial charge on any atom is 0.227 e. The number of nitrogens with zero attached hydrogens (tertiary/aromatic N) is 1. The molecule has 4 heteroatoms. The van der Waals surface area contributed by atoms with Gasteiger partial charge in [0.25, 0.3) is 0 Å². The minimum atomic E-state index is 0.240. The van der Waals surface area contributed by atoms with E-state index in [2.05, 4.69) is 18.3 Å². The van der Waals surface area contributed by atoms with Gasteiger partial charge in [0, 0.05) is 13.5 Å². The molecule has 1 aliphatic heterocycles. The van der Waals surface area contributed by atoms with Crippen molar-refractivity contribution >= 4 is 22.2 Å². The first-order valence-corrected chi connectivity index (χ1v) is 7.08. The van der Waals surface area contributed by atoms with E-state index in [0.29, 0.717) is 12.3 Å². The lowest BCUT2D eigenvalue weighted by Gasteiger charge is -2.24. The standard InChI is InChI=1S/C13H20N2OS/c1-10-5-7-17-13(10)15(2)12(16)8-11-4-3-6-14-9-11/h5,7,11,14H,3-4,6,8-9H2,1-2H3. The van der Waals surface area contributed by atoms with Crippen LogP contribution in [0.15, 0.2) is 11.4 Å². The molecule has 1 amide bonds. The summed E-state index contributed by atoms with van der Waals surface area (Å²) in [5, 5.41) is 6.48. The molecule has 0 aliphatic carbocycles. The lowest BCUT2D eigenvalue weighted by atomic mass is 9.96. The van der Waals surface area contributed by atoms with Crippen molar-refractivity contribution in [2.24, 2.45) is 5.92 Å². The van der Waals surface area contributed by atoms with Crippen molar-refractivity contribution in [3.63, 3.8) is 0 Å². The predicted octanol–water partition coefficient (Wildman–Crippen LogP) is 2.41. The Morgan fingerprint density at radius 3 is 3.06 bits per heavy atom. The number of rotatable bonds is 3. The van der Waals surface area contributed by atoms with Crippen molar-refractivity contribution in [3.8, 4) is 0 Å². The predicted molar refractivity (Wildman–Crippen MR) is 72.7 cm³/mol. The number of anilines is 1. The van der Waals surface area contributed by atoms with Gasteiger partial charge in [-0.15, -0.1) is 11.3 Å². The normalized spacial score (nSPS) is 20.2. The van der Waals surface area contributed by atoms with Crippen LogP contribution in [0.2, 0.25) is 0 Å². The zero-order chi connectivity index (χ0) is 12.3. The van der Waals surface area contributed by atoms with Gasteiger partial charge in [0.15, 0.2) is 0 Å². The highest BCUT2D eigenvalue weighted by Crippen LogP contribution is 2.27. The van der Waals surface area contributed by atoms with Gasteiger partial charge in [0.05, 0.1) is 0 Å². The summed E-state index contributed by atoms with van der Waals surface area (Å²) < 4.78 is 0. The molecule has 1 aromatic heterocycles. The summed E-state index contributed by atoms with van der Waals surface area (Å²) in [6.07, 6.45) is 3.04. The van der Waals surface area contributed by atoms with E-state index in [1.54, 1.807) is 11.3 Å². The van der Waals surface area contributed by atoms with E-state index in [-0.39, 0.29) is 5.91 Å². The number of carbonyl (C=O) groups excluding carboxylic acids is 1. The molecule has 1 atom stereocenters. The van der Waals surface area contributed by atoms with E-state index in [9.17, 15) is 4.79 Å². The van der Waals surface area contributed by atoms with Gasteiger partial charge < -0.3 is 10.2 Å². The SMILES string of the molecule is Cc1ccsc1N(C)C(=O)CC1CCCNC1. The molecule has 0 aromatic carbocycles. The van der Waals surface area contributed by atoms with Crippen molar-refractivity contribution in [1.82, 2.24) is 5.32 Å². The average molecular weight is 252 g/mol. The molecule has 17 heavy (non-hydrogen) atoms. The van der Waals surface area contributed by atoms with Crippen LogP contribution in [0.3, 0.4) is 0 Å². The molecule has 1 saturated heterocycles. The maximum atomic E-state index is 12.2. The van der Waals surface area contributed by atoms with Crippen LogP contribution in [-0.4, -0.2) is 26.0 Å². The van der Waals surface area contributed by atoms with Gasteiger partial charge in [-0.2, -0.15) is 0 Å². The molecule has 0 radical (unpaired) electrons. The van der Waals surface area contributed by atoms with E-state index in [0.717, 1.165) is 18.1 Å². The minimum Gasteiger partial charge on any atom is -0.316 e. The lowest BCUT2D eigenvalue weighted by molar-refractivity contribution is -0.119. The van der Waals surface area contributed by atoms with Gasteiger partial charge in [-0.05, 0) is 55.8 Å². The molecule has 1 fully saturated rings. The summed E-state index contributed by atoms with van der Waals surface area (Å²) in [7, 11) is 1.89. The monoisotopic (exact) mass is 252 g/mol. The first-order chi connectivity index (χ1) is 8.18. The Kier molecular flexibility index (Phi) is 4.18. The minimum absolute atomic E-state index is 0.240. The van der Waals surface area contributed by atoms with Crippen molar-refractivity contribution in [2.45, 2.75) is 26.2 Å². The highest BCUT2D eigenvalue weighted by atomic mass is 32.1. The van der Waals surface area contributed by atoms with Crippen LogP contribution in [-0.2, 0) is 4.79 Å². The zero-order valence-corrected chi connectivity index (χ0v) is 11.3. The third-order valence-corrected chi connectivity index (χ3v) is 4.47. The molecular formula is C13H20N2OS. The van der Waals surface area contributed by atoms with Gasteiger partial charge in [0.1, 0.15) is 5.00 Å². The highest BCUT2D eigenvalue weighted by Gasteiger charge is 2.20.